The summed E-state index contributed by atoms with van der Waals surface area (Å²) in [7, 11) is 0. The van der Waals surface area contributed by atoms with Crippen molar-refractivity contribution in [3.05, 3.63) is 11.4 Å². The second kappa shape index (κ2) is 40.4. The van der Waals surface area contributed by atoms with Gasteiger partial charge in [-0.25, -0.2) is 16.2 Å². The zero-order valence-electron chi connectivity index (χ0n) is 33.5. The van der Waals surface area contributed by atoms with Crippen molar-refractivity contribution in [1.29, 1.82) is 10.5 Å². The van der Waals surface area contributed by atoms with Gasteiger partial charge in [0, 0.05) is 50.8 Å². The fraction of sp³-hybridized carbons (Fsp3) is 0.865. The van der Waals surface area contributed by atoms with Crippen LogP contribution in [0.2, 0.25) is 0 Å². The van der Waals surface area contributed by atoms with Crippen molar-refractivity contribution in [2.45, 2.75) is 104 Å². The SMILES string of the molecule is CC(C)(C)OC(=O)NCCOCCOCCN.N#CCCCCBr.[C-]#[N+]CCCCN(CCCCC#N)CCOCCOCCNC(=O)OC(C)(C)C. The molecule has 0 fully saturated rings. The average Bonchev–Trinajstić information content (AvgIpc) is 3.08. The Morgan fingerprint density at radius 2 is 1.11 bits per heavy atom. The summed E-state index contributed by atoms with van der Waals surface area (Å²) in [4.78, 5) is 28.4. The van der Waals surface area contributed by atoms with E-state index in [1.807, 2.05) is 41.5 Å². The number of alkyl halides is 1. The van der Waals surface area contributed by atoms with Crippen molar-refractivity contribution in [1.82, 2.24) is 15.5 Å². The molecule has 16 heteroatoms. The fourth-order valence-corrected chi connectivity index (χ4v) is 4.10. The highest BCUT2D eigenvalue weighted by Crippen LogP contribution is 2.07. The van der Waals surface area contributed by atoms with E-state index in [1.165, 1.54) is 0 Å². The molecule has 0 saturated carbocycles. The lowest BCUT2D eigenvalue weighted by Crippen LogP contribution is -2.34. The summed E-state index contributed by atoms with van der Waals surface area (Å²) in [5, 5.41) is 22.9. The summed E-state index contributed by atoms with van der Waals surface area (Å²) < 4.78 is 31.6. The summed E-state index contributed by atoms with van der Waals surface area (Å²) in [6.07, 6.45) is 6.43. The Labute approximate surface area is 328 Å². The van der Waals surface area contributed by atoms with Crippen LogP contribution in [0.5, 0.6) is 0 Å². The minimum atomic E-state index is -0.501. The number of unbranched alkanes of at least 4 members (excludes halogenated alkanes) is 5. The maximum absolute atomic E-state index is 11.5. The molecule has 0 aromatic carbocycles. The molecule has 0 aliphatic heterocycles. The molecule has 0 bridgehead atoms. The predicted molar refractivity (Wildman–Crippen MR) is 211 cm³/mol. The minimum absolute atomic E-state index is 0.399. The number of rotatable bonds is 28. The molecular formula is C37H70BrN7O8. The van der Waals surface area contributed by atoms with E-state index < -0.39 is 23.4 Å². The molecule has 53 heavy (non-hydrogen) atoms. The largest absolute Gasteiger partial charge is 0.444 e. The summed E-state index contributed by atoms with van der Waals surface area (Å²) in [5.41, 5.74) is 4.28. The molecule has 0 aliphatic rings. The van der Waals surface area contributed by atoms with Gasteiger partial charge in [-0.1, -0.05) is 15.9 Å². The van der Waals surface area contributed by atoms with Crippen LogP contribution in [0.1, 0.15) is 92.9 Å². The van der Waals surface area contributed by atoms with Gasteiger partial charge in [0.25, 0.3) is 0 Å². The first-order chi connectivity index (χ1) is 25.3. The van der Waals surface area contributed by atoms with Crippen LogP contribution in [0.25, 0.3) is 4.85 Å². The molecule has 308 valence electrons. The number of nitrogens with two attached hydrogens (primary N) is 1. The van der Waals surface area contributed by atoms with Gasteiger partial charge in [0.1, 0.15) is 11.2 Å². The van der Waals surface area contributed by atoms with E-state index in [1.54, 1.807) is 0 Å². The first-order valence-electron chi connectivity index (χ1n) is 18.6. The second-order valence-corrected chi connectivity index (χ2v) is 14.2. The molecule has 0 rings (SSSR count). The molecule has 0 aliphatic carbocycles. The van der Waals surface area contributed by atoms with E-state index in [9.17, 15) is 9.59 Å². The van der Waals surface area contributed by atoms with Crippen LogP contribution in [-0.2, 0) is 28.4 Å². The van der Waals surface area contributed by atoms with Crippen molar-refractivity contribution in [2.24, 2.45) is 5.73 Å². The number of ether oxygens (including phenoxy) is 6. The fourth-order valence-electron chi connectivity index (χ4n) is 3.70. The van der Waals surface area contributed by atoms with E-state index in [2.05, 4.69) is 48.4 Å². The summed E-state index contributed by atoms with van der Waals surface area (Å²) in [5.74, 6) is 0. The van der Waals surface area contributed by atoms with Crippen molar-refractivity contribution in [3.8, 4) is 12.1 Å². The molecule has 0 unspecified atom stereocenters. The Hall–Kier alpha value is -2.75. The van der Waals surface area contributed by atoms with Gasteiger partial charge >= 0.3 is 12.2 Å². The zero-order chi connectivity index (χ0) is 40.5. The number of carbonyl (C=O) groups excluding carboxylic acids is 2. The van der Waals surface area contributed by atoms with Gasteiger partial charge in [-0.3, -0.25) is 0 Å². The molecule has 4 N–H and O–H groups in total. The maximum atomic E-state index is 11.5. The Morgan fingerprint density at radius 3 is 1.53 bits per heavy atom. The number of hydrogen-bond acceptors (Lipinski definition) is 12. The molecule has 0 radical (unpaired) electrons. The molecule has 0 atom stereocenters. The molecule has 0 saturated heterocycles. The highest BCUT2D eigenvalue weighted by molar-refractivity contribution is 9.09. The predicted octanol–water partition coefficient (Wildman–Crippen LogP) is 5.82. The van der Waals surface area contributed by atoms with Gasteiger partial charge in [-0.15, -0.1) is 0 Å². The van der Waals surface area contributed by atoms with E-state index >= 15 is 0 Å². The van der Waals surface area contributed by atoms with E-state index in [-0.39, 0.29) is 0 Å². The Balaban J connectivity index is -0.000000871. The third-order valence-electron chi connectivity index (χ3n) is 6.07. The zero-order valence-corrected chi connectivity index (χ0v) is 35.1. The molecular weight excluding hydrogens is 750 g/mol. The number of nitriles is 2. The summed E-state index contributed by atoms with van der Waals surface area (Å²) >= 11 is 3.27. The standard InChI is InChI=1S/C21H38N4O4.C11H24N2O4.C5H8BrN/c1-21(2,3)29-20(26)24-12-16-27-18-19-28-17-15-25(13-8-5-6-10-22)14-9-7-11-23-4;1-11(2,3)17-10(14)13-5-7-16-9-8-15-6-4-12;6-4-2-1-3-5-7/h5-9,11-19H2,1-3H3,(H,24,26);4-9,12H2,1-3H3,(H,13,14);1-4H2. The number of alkyl carbamates (subject to hydrolysis) is 2. The number of carbonyl (C=O) groups is 2. The molecule has 15 nitrogen and oxygen atoms in total. The first kappa shape index (κ1) is 54.6. The highest BCUT2D eigenvalue weighted by atomic mass is 79.9. The van der Waals surface area contributed by atoms with Gasteiger partial charge in [0.15, 0.2) is 0 Å². The van der Waals surface area contributed by atoms with Crippen LogP contribution in [0.3, 0.4) is 0 Å². The number of nitrogens with zero attached hydrogens (tertiary/aromatic N) is 4. The lowest BCUT2D eigenvalue weighted by molar-refractivity contribution is 0.0342. The topological polar surface area (TPSA) is 195 Å². The maximum Gasteiger partial charge on any atom is 0.407 e. The lowest BCUT2D eigenvalue weighted by Gasteiger charge is -2.21. The van der Waals surface area contributed by atoms with Gasteiger partial charge in [-0.05, 0) is 86.7 Å². The summed E-state index contributed by atoms with van der Waals surface area (Å²) in [6, 6.07) is 4.26. The number of halogens is 1. The summed E-state index contributed by atoms with van der Waals surface area (Å²) in [6.45, 7) is 26.4. The van der Waals surface area contributed by atoms with Crippen LogP contribution >= 0.6 is 15.9 Å². The third kappa shape index (κ3) is 53.7. The highest BCUT2D eigenvalue weighted by Gasteiger charge is 2.16. The Morgan fingerprint density at radius 1 is 0.679 bits per heavy atom. The second-order valence-electron chi connectivity index (χ2n) is 13.4. The Bertz CT molecular complexity index is 955. The molecule has 0 aromatic heterocycles. The van der Waals surface area contributed by atoms with Crippen LogP contribution in [0.4, 0.5) is 9.59 Å². The van der Waals surface area contributed by atoms with Crippen molar-refractivity contribution in [2.75, 3.05) is 104 Å². The lowest BCUT2D eigenvalue weighted by atomic mass is 10.2. The van der Waals surface area contributed by atoms with Crippen LogP contribution in [0.15, 0.2) is 0 Å². The van der Waals surface area contributed by atoms with Crippen LogP contribution < -0.4 is 16.4 Å². The van der Waals surface area contributed by atoms with Gasteiger partial charge < -0.3 is 54.5 Å². The van der Waals surface area contributed by atoms with E-state index in [0.29, 0.717) is 91.9 Å². The van der Waals surface area contributed by atoms with Crippen LogP contribution in [0, 0.1) is 29.2 Å². The Kier molecular flexibility index (Phi) is 41.7. The van der Waals surface area contributed by atoms with Gasteiger partial charge in [0.2, 0.25) is 6.54 Å². The number of amides is 2. The molecule has 0 heterocycles. The first-order valence-corrected chi connectivity index (χ1v) is 19.7. The molecule has 2 amide bonds. The van der Waals surface area contributed by atoms with E-state index in [4.69, 9.17) is 51.3 Å². The number of hydrogen-bond donors (Lipinski definition) is 3. The average molecular weight is 821 g/mol. The van der Waals surface area contributed by atoms with Crippen LogP contribution in [-0.4, -0.2) is 132 Å². The van der Waals surface area contributed by atoms with Crippen molar-refractivity contribution >= 4 is 28.1 Å². The van der Waals surface area contributed by atoms with E-state index in [0.717, 1.165) is 63.5 Å². The molecule has 0 spiro atoms. The minimum Gasteiger partial charge on any atom is -0.444 e. The monoisotopic (exact) mass is 819 g/mol. The number of nitrogens with one attached hydrogen (secondary N) is 2. The van der Waals surface area contributed by atoms with Crippen molar-refractivity contribution < 1.29 is 38.0 Å². The smallest absolute Gasteiger partial charge is 0.407 e. The molecule has 0 aromatic rings. The normalized spacial score (nSPS) is 10.8. The van der Waals surface area contributed by atoms with Gasteiger partial charge in [-0.2, -0.15) is 10.5 Å². The third-order valence-corrected chi connectivity index (χ3v) is 6.63. The quantitative estimate of drug-likeness (QED) is 0.0487. The van der Waals surface area contributed by atoms with Crippen molar-refractivity contribution in [3.63, 3.8) is 0 Å². The van der Waals surface area contributed by atoms with Gasteiger partial charge in [0.05, 0.1) is 65.0 Å².